The predicted octanol–water partition coefficient (Wildman–Crippen LogP) is 1.23. The number of rotatable bonds is 3. The van der Waals surface area contributed by atoms with E-state index in [-0.39, 0.29) is 0 Å². The van der Waals surface area contributed by atoms with Gasteiger partial charge in [0.25, 0.3) is 5.91 Å². The minimum Gasteiger partial charge on any atom is -0.383 e. The van der Waals surface area contributed by atoms with Gasteiger partial charge in [0.1, 0.15) is 11.4 Å². The Morgan fingerprint density at radius 1 is 1.28 bits per heavy atom. The average molecular weight is 244 g/mol. The lowest BCUT2D eigenvalue weighted by molar-refractivity contribution is 0.100. The summed E-state index contributed by atoms with van der Waals surface area (Å²) in [6, 6.07) is 8.07. The van der Waals surface area contributed by atoms with Gasteiger partial charge < -0.3 is 11.5 Å². The highest BCUT2D eigenvalue weighted by molar-refractivity contribution is 5.98. The molecule has 1 heterocycles. The number of aromatic nitrogens is 2. The quantitative estimate of drug-likeness (QED) is 0.851. The van der Waals surface area contributed by atoms with Crippen LogP contribution in [0.4, 0.5) is 5.82 Å². The summed E-state index contributed by atoms with van der Waals surface area (Å²) in [7, 11) is 0. The van der Waals surface area contributed by atoms with Gasteiger partial charge in [-0.05, 0) is 19.4 Å². The van der Waals surface area contributed by atoms with E-state index >= 15 is 0 Å². The molecular formula is C13H16N4O. The minimum atomic E-state index is -0.542. The van der Waals surface area contributed by atoms with Crippen molar-refractivity contribution in [3.63, 3.8) is 0 Å². The van der Waals surface area contributed by atoms with Crippen molar-refractivity contribution in [2.75, 3.05) is 5.73 Å². The number of carbonyl (C=O) groups excluding carboxylic acids is 1. The van der Waals surface area contributed by atoms with Gasteiger partial charge in [-0.1, -0.05) is 29.8 Å². The van der Waals surface area contributed by atoms with E-state index in [2.05, 4.69) is 5.10 Å². The van der Waals surface area contributed by atoms with Gasteiger partial charge in [-0.25, -0.2) is 4.68 Å². The molecule has 0 aliphatic carbocycles. The number of hydrogen-bond donors (Lipinski definition) is 2. The highest BCUT2D eigenvalue weighted by Gasteiger charge is 2.16. The van der Waals surface area contributed by atoms with Gasteiger partial charge >= 0.3 is 0 Å². The fraction of sp³-hybridized carbons (Fsp3) is 0.231. The Morgan fingerprint density at radius 3 is 2.39 bits per heavy atom. The summed E-state index contributed by atoms with van der Waals surface area (Å²) < 4.78 is 1.60. The molecule has 0 spiro atoms. The van der Waals surface area contributed by atoms with Gasteiger partial charge in [-0.2, -0.15) is 5.10 Å². The maximum atomic E-state index is 11.2. The second kappa shape index (κ2) is 4.52. The molecular weight excluding hydrogens is 228 g/mol. The Morgan fingerprint density at radius 2 is 1.89 bits per heavy atom. The molecule has 94 valence electrons. The molecule has 0 saturated heterocycles. The molecule has 18 heavy (non-hydrogen) atoms. The molecule has 0 bridgehead atoms. The van der Waals surface area contributed by atoms with Crippen LogP contribution in [0.25, 0.3) is 0 Å². The third kappa shape index (κ3) is 2.20. The molecule has 2 aromatic rings. The summed E-state index contributed by atoms with van der Waals surface area (Å²) in [6.07, 6.45) is 0. The van der Waals surface area contributed by atoms with Crippen LogP contribution in [0.3, 0.4) is 0 Å². The van der Waals surface area contributed by atoms with Crippen LogP contribution < -0.4 is 11.5 Å². The maximum Gasteiger partial charge on any atom is 0.254 e. The summed E-state index contributed by atoms with van der Waals surface area (Å²) in [4.78, 5) is 11.2. The largest absolute Gasteiger partial charge is 0.383 e. The molecule has 0 atom stereocenters. The summed E-state index contributed by atoms with van der Waals surface area (Å²) in [5.74, 6) is -0.222. The first-order valence-electron chi connectivity index (χ1n) is 5.67. The van der Waals surface area contributed by atoms with Crippen LogP contribution in [-0.2, 0) is 6.54 Å². The number of aryl methyl sites for hydroxylation is 2. The smallest absolute Gasteiger partial charge is 0.254 e. The zero-order chi connectivity index (χ0) is 13.3. The molecule has 4 N–H and O–H groups in total. The lowest BCUT2D eigenvalue weighted by Gasteiger charge is -2.05. The van der Waals surface area contributed by atoms with Crippen molar-refractivity contribution >= 4 is 11.7 Å². The number of primary amides is 1. The van der Waals surface area contributed by atoms with E-state index in [9.17, 15) is 4.79 Å². The maximum absolute atomic E-state index is 11.2. The Kier molecular flexibility index (Phi) is 3.06. The normalized spacial score (nSPS) is 10.6. The van der Waals surface area contributed by atoms with Crippen LogP contribution in [-0.4, -0.2) is 15.7 Å². The second-order valence-electron chi connectivity index (χ2n) is 4.35. The van der Waals surface area contributed by atoms with E-state index in [1.807, 2.05) is 31.2 Å². The summed E-state index contributed by atoms with van der Waals surface area (Å²) in [5.41, 5.74) is 14.3. The average Bonchev–Trinajstić information content (AvgIpc) is 2.57. The molecule has 5 heteroatoms. The van der Waals surface area contributed by atoms with E-state index in [4.69, 9.17) is 11.5 Å². The van der Waals surface area contributed by atoms with E-state index in [1.54, 1.807) is 11.6 Å². The van der Waals surface area contributed by atoms with Crippen LogP contribution >= 0.6 is 0 Å². The molecule has 1 aromatic heterocycles. The number of carbonyl (C=O) groups is 1. The highest BCUT2D eigenvalue weighted by atomic mass is 16.1. The third-order valence-electron chi connectivity index (χ3n) is 2.87. The number of benzene rings is 1. The Bertz CT molecular complexity index is 584. The molecule has 2 rings (SSSR count). The molecule has 0 fully saturated rings. The number of anilines is 1. The minimum absolute atomic E-state index is 0.308. The molecule has 0 aliphatic rings. The molecule has 0 unspecified atom stereocenters. The van der Waals surface area contributed by atoms with Crippen molar-refractivity contribution < 1.29 is 4.79 Å². The monoisotopic (exact) mass is 244 g/mol. The SMILES string of the molecule is Cc1ccc(Cn2nc(C)c(C(N)=O)c2N)cc1. The van der Waals surface area contributed by atoms with E-state index in [0.717, 1.165) is 5.56 Å². The number of amides is 1. The van der Waals surface area contributed by atoms with Crippen molar-refractivity contribution in [1.29, 1.82) is 0 Å². The third-order valence-corrected chi connectivity index (χ3v) is 2.87. The van der Waals surface area contributed by atoms with Gasteiger partial charge in [0.05, 0.1) is 12.2 Å². The number of nitrogen functional groups attached to an aromatic ring is 1. The molecule has 1 aromatic carbocycles. The Hall–Kier alpha value is -2.30. The predicted molar refractivity (Wildman–Crippen MR) is 70.2 cm³/mol. The van der Waals surface area contributed by atoms with E-state index in [1.165, 1.54) is 5.56 Å². The second-order valence-corrected chi connectivity index (χ2v) is 4.35. The lowest BCUT2D eigenvalue weighted by Crippen LogP contribution is -2.14. The van der Waals surface area contributed by atoms with Crippen molar-refractivity contribution in [3.05, 3.63) is 46.6 Å². The first-order chi connectivity index (χ1) is 8.49. The fourth-order valence-electron chi connectivity index (χ4n) is 1.89. The number of nitrogens with zero attached hydrogens (tertiary/aromatic N) is 2. The molecule has 5 nitrogen and oxygen atoms in total. The number of hydrogen-bond acceptors (Lipinski definition) is 3. The Labute approximate surface area is 105 Å². The summed E-state index contributed by atoms with van der Waals surface area (Å²) >= 11 is 0. The van der Waals surface area contributed by atoms with Gasteiger partial charge in [0, 0.05) is 0 Å². The first kappa shape index (κ1) is 12.2. The van der Waals surface area contributed by atoms with Crippen molar-refractivity contribution in [1.82, 2.24) is 9.78 Å². The van der Waals surface area contributed by atoms with Gasteiger partial charge in [0.2, 0.25) is 0 Å². The topological polar surface area (TPSA) is 86.9 Å². The van der Waals surface area contributed by atoms with Crippen molar-refractivity contribution in [2.24, 2.45) is 5.73 Å². The van der Waals surface area contributed by atoms with Gasteiger partial charge in [0.15, 0.2) is 0 Å². The molecule has 0 radical (unpaired) electrons. The van der Waals surface area contributed by atoms with Gasteiger partial charge in [-0.15, -0.1) is 0 Å². The molecule has 1 amide bonds. The zero-order valence-corrected chi connectivity index (χ0v) is 10.5. The molecule has 0 aliphatic heterocycles. The first-order valence-corrected chi connectivity index (χ1v) is 5.67. The summed E-state index contributed by atoms with van der Waals surface area (Å²) in [5, 5.41) is 4.24. The van der Waals surface area contributed by atoms with Crippen LogP contribution in [0.5, 0.6) is 0 Å². The van der Waals surface area contributed by atoms with Crippen molar-refractivity contribution in [2.45, 2.75) is 20.4 Å². The van der Waals surface area contributed by atoms with Crippen LogP contribution in [0.1, 0.15) is 27.2 Å². The summed E-state index contributed by atoms with van der Waals surface area (Å²) in [6.45, 7) is 4.28. The van der Waals surface area contributed by atoms with Gasteiger partial charge in [-0.3, -0.25) is 4.79 Å². The van der Waals surface area contributed by atoms with Crippen molar-refractivity contribution in [3.8, 4) is 0 Å². The van der Waals surface area contributed by atoms with Crippen LogP contribution in [0.2, 0.25) is 0 Å². The van der Waals surface area contributed by atoms with Crippen LogP contribution in [0.15, 0.2) is 24.3 Å². The van der Waals surface area contributed by atoms with Crippen LogP contribution in [0, 0.1) is 13.8 Å². The van der Waals surface area contributed by atoms with E-state index in [0.29, 0.717) is 23.6 Å². The zero-order valence-electron chi connectivity index (χ0n) is 10.5. The fourth-order valence-corrected chi connectivity index (χ4v) is 1.89. The molecule has 0 saturated carbocycles. The lowest BCUT2D eigenvalue weighted by atomic mass is 10.1. The van der Waals surface area contributed by atoms with E-state index < -0.39 is 5.91 Å². The highest BCUT2D eigenvalue weighted by Crippen LogP contribution is 2.17. The standard InChI is InChI=1S/C13H16N4O/c1-8-3-5-10(6-4-8)7-17-12(14)11(13(15)18)9(2)16-17/h3-6H,7,14H2,1-2H3,(H2,15,18). The number of nitrogens with two attached hydrogens (primary N) is 2. The Balaban J connectivity index is 2.33.